The summed E-state index contributed by atoms with van der Waals surface area (Å²) in [5.41, 5.74) is 2.53. The van der Waals surface area contributed by atoms with Gasteiger partial charge in [0, 0.05) is 37.3 Å². The fourth-order valence-corrected chi connectivity index (χ4v) is 3.73. The minimum absolute atomic E-state index is 0.0289. The molecule has 7 heteroatoms. The van der Waals surface area contributed by atoms with Crippen molar-refractivity contribution in [3.05, 3.63) is 77.4 Å². The zero-order chi connectivity index (χ0) is 22.0. The average Bonchev–Trinajstić information content (AvgIpc) is 2.76. The Balaban J connectivity index is 1.45. The van der Waals surface area contributed by atoms with E-state index < -0.39 is 0 Å². The van der Waals surface area contributed by atoms with Crippen LogP contribution in [-0.2, 0) is 0 Å². The van der Waals surface area contributed by atoms with Crippen LogP contribution in [0, 0.1) is 19.7 Å². The summed E-state index contributed by atoms with van der Waals surface area (Å²) in [6.07, 6.45) is 1.46. The van der Waals surface area contributed by atoms with Crippen LogP contribution in [0.5, 0.6) is 11.6 Å². The van der Waals surface area contributed by atoms with E-state index in [0.717, 1.165) is 11.4 Å². The van der Waals surface area contributed by atoms with Gasteiger partial charge in [-0.1, -0.05) is 17.7 Å². The number of aryl methyl sites for hydroxylation is 2. The summed E-state index contributed by atoms with van der Waals surface area (Å²) >= 11 is 0. The highest BCUT2D eigenvalue weighted by Gasteiger charge is 2.29. The SMILES string of the molecule is Cc1ccc(C(=O)N2CCN(c3cc(Oc4ccc(F)cc4C)ncn3)C[C@@H]2C)cc1. The van der Waals surface area contributed by atoms with Gasteiger partial charge in [-0.3, -0.25) is 4.79 Å². The predicted octanol–water partition coefficient (Wildman–Crippen LogP) is 4.38. The average molecular weight is 420 g/mol. The lowest BCUT2D eigenvalue weighted by Crippen LogP contribution is -2.54. The Morgan fingerprint density at radius 2 is 1.84 bits per heavy atom. The Labute approximate surface area is 181 Å². The molecule has 1 aliphatic heterocycles. The highest BCUT2D eigenvalue weighted by molar-refractivity contribution is 5.94. The van der Waals surface area contributed by atoms with Gasteiger partial charge in [-0.25, -0.2) is 14.4 Å². The van der Waals surface area contributed by atoms with E-state index in [2.05, 4.69) is 14.9 Å². The summed E-state index contributed by atoms with van der Waals surface area (Å²) in [4.78, 5) is 25.5. The highest BCUT2D eigenvalue weighted by atomic mass is 19.1. The van der Waals surface area contributed by atoms with Crippen LogP contribution in [0.25, 0.3) is 0 Å². The number of carbonyl (C=O) groups excluding carboxylic acids is 1. The lowest BCUT2D eigenvalue weighted by atomic mass is 10.1. The number of nitrogens with zero attached hydrogens (tertiary/aromatic N) is 4. The van der Waals surface area contributed by atoms with Crippen LogP contribution in [0.15, 0.2) is 54.9 Å². The smallest absolute Gasteiger partial charge is 0.254 e. The molecule has 0 N–H and O–H groups in total. The molecule has 0 radical (unpaired) electrons. The van der Waals surface area contributed by atoms with Gasteiger partial charge in [0.15, 0.2) is 0 Å². The molecule has 1 saturated heterocycles. The Bertz CT molecular complexity index is 1090. The first kappa shape index (κ1) is 20.8. The van der Waals surface area contributed by atoms with Gasteiger partial charge in [0.05, 0.1) is 0 Å². The Morgan fingerprint density at radius 1 is 1.06 bits per heavy atom. The van der Waals surface area contributed by atoms with E-state index in [0.29, 0.717) is 42.4 Å². The van der Waals surface area contributed by atoms with Crippen molar-refractivity contribution in [1.29, 1.82) is 0 Å². The van der Waals surface area contributed by atoms with Gasteiger partial charge >= 0.3 is 0 Å². The zero-order valence-corrected chi connectivity index (χ0v) is 17.9. The van der Waals surface area contributed by atoms with E-state index in [-0.39, 0.29) is 17.8 Å². The normalized spacial score (nSPS) is 16.3. The summed E-state index contributed by atoms with van der Waals surface area (Å²) in [7, 11) is 0. The maximum Gasteiger partial charge on any atom is 0.254 e. The standard InChI is InChI=1S/C24H25FN4O2/c1-16-4-6-19(7-5-16)24(30)29-11-10-28(14-18(29)3)22-13-23(27-15-26-22)31-21-9-8-20(25)12-17(21)2/h4-9,12-13,15,18H,10-11,14H2,1-3H3/t18-/m0/s1. The number of carbonyl (C=O) groups is 1. The second-order valence-electron chi connectivity index (χ2n) is 7.89. The van der Waals surface area contributed by atoms with Crippen molar-refractivity contribution in [3.8, 4) is 11.6 Å². The molecule has 160 valence electrons. The molecule has 3 aromatic rings. The Hall–Kier alpha value is -3.48. The number of hydrogen-bond donors (Lipinski definition) is 0. The summed E-state index contributed by atoms with van der Waals surface area (Å²) in [6, 6.07) is 13.8. The molecule has 2 heterocycles. The number of hydrogen-bond acceptors (Lipinski definition) is 5. The monoisotopic (exact) mass is 420 g/mol. The van der Waals surface area contributed by atoms with Crippen LogP contribution in [-0.4, -0.2) is 46.5 Å². The Kier molecular flexibility index (Phi) is 5.84. The molecule has 0 saturated carbocycles. The van der Waals surface area contributed by atoms with E-state index in [1.54, 1.807) is 19.1 Å². The maximum atomic E-state index is 13.3. The molecule has 1 aliphatic rings. The number of rotatable bonds is 4. The van der Waals surface area contributed by atoms with Crippen molar-refractivity contribution in [1.82, 2.24) is 14.9 Å². The first-order valence-electron chi connectivity index (χ1n) is 10.3. The molecule has 2 aromatic carbocycles. The lowest BCUT2D eigenvalue weighted by Gasteiger charge is -2.40. The zero-order valence-electron chi connectivity index (χ0n) is 17.9. The molecule has 0 spiro atoms. The molecular weight excluding hydrogens is 395 g/mol. The molecular formula is C24H25FN4O2. The second kappa shape index (κ2) is 8.71. The molecule has 4 rings (SSSR count). The fraction of sp³-hybridized carbons (Fsp3) is 0.292. The molecule has 0 bridgehead atoms. The molecule has 0 unspecified atom stereocenters. The van der Waals surface area contributed by atoms with Gasteiger partial charge < -0.3 is 14.5 Å². The Morgan fingerprint density at radius 3 is 2.55 bits per heavy atom. The molecule has 1 atom stereocenters. The van der Waals surface area contributed by atoms with Gasteiger partial charge in [-0.2, -0.15) is 0 Å². The van der Waals surface area contributed by atoms with Crippen LogP contribution in [0.2, 0.25) is 0 Å². The summed E-state index contributed by atoms with van der Waals surface area (Å²) < 4.78 is 19.2. The third kappa shape index (κ3) is 4.66. The highest BCUT2D eigenvalue weighted by Crippen LogP contribution is 2.27. The summed E-state index contributed by atoms with van der Waals surface area (Å²) in [5.74, 6) is 1.42. The van der Waals surface area contributed by atoms with Crippen LogP contribution in [0.1, 0.15) is 28.4 Å². The van der Waals surface area contributed by atoms with E-state index in [9.17, 15) is 9.18 Å². The molecule has 1 fully saturated rings. The maximum absolute atomic E-state index is 13.3. The number of ether oxygens (including phenoxy) is 1. The van der Waals surface area contributed by atoms with Crippen molar-refractivity contribution < 1.29 is 13.9 Å². The third-order valence-electron chi connectivity index (χ3n) is 5.49. The lowest BCUT2D eigenvalue weighted by molar-refractivity contribution is 0.0673. The summed E-state index contributed by atoms with van der Waals surface area (Å²) in [5, 5.41) is 0. The van der Waals surface area contributed by atoms with Crippen molar-refractivity contribution in [3.63, 3.8) is 0 Å². The topological polar surface area (TPSA) is 58.6 Å². The van der Waals surface area contributed by atoms with Gasteiger partial charge in [0.2, 0.25) is 5.88 Å². The van der Waals surface area contributed by atoms with Crippen molar-refractivity contribution >= 4 is 11.7 Å². The third-order valence-corrected chi connectivity index (χ3v) is 5.49. The molecule has 31 heavy (non-hydrogen) atoms. The van der Waals surface area contributed by atoms with Gasteiger partial charge in [-0.15, -0.1) is 0 Å². The van der Waals surface area contributed by atoms with E-state index in [4.69, 9.17) is 4.74 Å². The molecule has 1 amide bonds. The van der Waals surface area contributed by atoms with E-state index in [1.165, 1.54) is 18.5 Å². The number of aromatic nitrogens is 2. The summed E-state index contributed by atoms with van der Waals surface area (Å²) in [6.45, 7) is 7.75. The van der Waals surface area contributed by atoms with Crippen LogP contribution in [0.3, 0.4) is 0 Å². The molecule has 6 nitrogen and oxygen atoms in total. The number of benzene rings is 2. The first-order chi connectivity index (χ1) is 14.9. The van der Waals surface area contributed by atoms with Gasteiger partial charge in [0.25, 0.3) is 5.91 Å². The molecule has 1 aromatic heterocycles. The van der Waals surface area contributed by atoms with E-state index >= 15 is 0 Å². The predicted molar refractivity (Wildman–Crippen MR) is 117 cm³/mol. The second-order valence-corrected chi connectivity index (χ2v) is 7.89. The number of piperazine rings is 1. The number of halogens is 1. The van der Waals surface area contributed by atoms with Crippen LogP contribution in [0.4, 0.5) is 10.2 Å². The fourth-order valence-electron chi connectivity index (χ4n) is 3.73. The van der Waals surface area contributed by atoms with Crippen molar-refractivity contribution in [2.75, 3.05) is 24.5 Å². The quantitative estimate of drug-likeness (QED) is 0.627. The molecule has 0 aliphatic carbocycles. The van der Waals surface area contributed by atoms with Crippen molar-refractivity contribution in [2.24, 2.45) is 0 Å². The minimum Gasteiger partial charge on any atom is -0.439 e. The minimum atomic E-state index is -0.305. The first-order valence-corrected chi connectivity index (χ1v) is 10.3. The van der Waals surface area contributed by atoms with Crippen molar-refractivity contribution in [2.45, 2.75) is 26.8 Å². The number of amides is 1. The number of anilines is 1. The van der Waals surface area contributed by atoms with Crippen LogP contribution >= 0.6 is 0 Å². The van der Waals surface area contributed by atoms with E-state index in [1.807, 2.05) is 43.0 Å². The van der Waals surface area contributed by atoms with Crippen LogP contribution < -0.4 is 9.64 Å². The largest absolute Gasteiger partial charge is 0.439 e. The van der Waals surface area contributed by atoms with Gasteiger partial charge in [0.1, 0.15) is 23.7 Å². The van der Waals surface area contributed by atoms with Gasteiger partial charge in [-0.05, 0) is 56.7 Å².